The molecule has 0 aromatic heterocycles. The molecule has 0 saturated carbocycles. The quantitative estimate of drug-likeness (QED) is 0.753. The van der Waals surface area contributed by atoms with Gasteiger partial charge in [-0.2, -0.15) is 0 Å². The van der Waals surface area contributed by atoms with Gasteiger partial charge < -0.3 is 14.8 Å². The molecule has 1 aliphatic rings. The average Bonchev–Trinajstić information content (AvgIpc) is 2.69. The maximum absolute atomic E-state index is 13.3. The summed E-state index contributed by atoms with van der Waals surface area (Å²) in [6.07, 6.45) is 2.19. The monoisotopic (exact) mass is 395 g/mol. The number of ether oxygens (including phenoxy) is 2. The molecule has 2 aromatic carbocycles. The number of carbonyl (C=O) groups is 1. The molecule has 4 heteroatoms. The molecule has 0 spiro atoms. The van der Waals surface area contributed by atoms with Crippen molar-refractivity contribution in [3.63, 3.8) is 0 Å². The lowest BCUT2D eigenvalue weighted by Crippen LogP contribution is -2.49. The lowest BCUT2D eigenvalue weighted by molar-refractivity contribution is -0.137. The first kappa shape index (κ1) is 21.5. The zero-order chi connectivity index (χ0) is 20.9. The maximum Gasteiger partial charge on any atom is 0.227 e. The highest BCUT2D eigenvalue weighted by Gasteiger charge is 2.41. The van der Waals surface area contributed by atoms with Crippen molar-refractivity contribution in [3.8, 4) is 11.1 Å². The third-order valence-corrected chi connectivity index (χ3v) is 5.94. The van der Waals surface area contributed by atoms with Crippen LogP contribution >= 0.6 is 0 Å². The standard InChI is InChI=1S/C25H33NO3/c1-18-9-10-22(19(2)15-18)23-8-6-5-7-21(23)16-25(11-13-29-14-12-25)24(27)26-20(3)17-28-4/h5-10,15,20H,11-14,16-17H2,1-4H3,(H,26,27)/t20-/m1/s1. The van der Waals surface area contributed by atoms with Gasteiger partial charge in [0.2, 0.25) is 5.91 Å². The molecule has 4 nitrogen and oxygen atoms in total. The van der Waals surface area contributed by atoms with Crippen LogP contribution in [0.3, 0.4) is 0 Å². The Bertz CT molecular complexity index is 840. The lowest BCUT2D eigenvalue weighted by atomic mass is 9.73. The Labute approximate surface area is 174 Å². The van der Waals surface area contributed by atoms with Gasteiger partial charge in [-0.1, -0.05) is 48.0 Å². The van der Waals surface area contributed by atoms with Crippen LogP contribution in [0, 0.1) is 19.3 Å². The molecule has 1 saturated heterocycles. The highest BCUT2D eigenvalue weighted by Crippen LogP contribution is 2.38. The first-order valence-corrected chi connectivity index (χ1v) is 10.5. The van der Waals surface area contributed by atoms with Crippen molar-refractivity contribution in [1.29, 1.82) is 0 Å². The van der Waals surface area contributed by atoms with E-state index in [0.29, 0.717) is 26.2 Å². The van der Waals surface area contributed by atoms with Crippen LogP contribution in [-0.4, -0.2) is 38.9 Å². The summed E-state index contributed by atoms with van der Waals surface area (Å²) in [5.41, 5.74) is 5.74. The lowest BCUT2D eigenvalue weighted by Gasteiger charge is -2.37. The second-order valence-electron chi connectivity index (χ2n) is 8.37. The molecule has 1 amide bonds. The number of hydrogen-bond acceptors (Lipinski definition) is 3. The first-order valence-electron chi connectivity index (χ1n) is 10.5. The van der Waals surface area contributed by atoms with E-state index in [1.807, 2.05) is 6.92 Å². The summed E-state index contributed by atoms with van der Waals surface area (Å²) in [5, 5.41) is 3.17. The van der Waals surface area contributed by atoms with Gasteiger partial charge in [0, 0.05) is 26.4 Å². The predicted octanol–water partition coefficient (Wildman–Crippen LogP) is 4.46. The molecular formula is C25H33NO3. The molecule has 1 fully saturated rings. The van der Waals surface area contributed by atoms with Crippen molar-refractivity contribution >= 4 is 5.91 Å². The molecule has 0 bridgehead atoms. The van der Waals surface area contributed by atoms with Crippen LogP contribution in [-0.2, 0) is 20.7 Å². The van der Waals surface area contributed by atoms with Gasteiger partial charge in [0.05, 0.1) is 12.0 Å². The Hall–Kier alpha value is -2.17. The Balaban J connectivity index is 1.94. The Morgan fingerprint density at radius 1 is 1.14 bits per heavy atom. The Morgan fingerprint density at radius 3 is 2.55 bits per heavy atom. The van der Waals surface area contributed by atoms with Gasteiger partial charge in [0.1, 0.15) is 0 Å². The molecule has 1 atom stereocenters. The van der Waals surface area contributed by atoms with Crippen molar-refractivity contribution in [2.75, 3.05) is 26.9 Å². The molecular weight excluding hydrogens is 362 g/mol. The first-order chi connectivity index (χ1) is 13.9. The third kappa shape index (κ3) is 5.06. The van der Waals surface area contributed by atoms with Gasteiger partial charge in [0.25, 0.3) is 0 Å². The summed E-state index contributed by atoms with van der Waals surface area (Å²) in [6, 6.07) is 15.0. The number of carbonyl (C=O) groups excluding carboxylic acids is 1. The van der Waals surface area contributed by atoms with Crippen LogP contribution in [0.2, 0.25) is 0 Å². The molecule has 0 unspecified atom stereocenters. The number of benzene rings is 2. The molecule has 0 radical (unpaired) electrons. The highest BCUT2D eigenvalue weighted by atomic mass is 16.5. The number of amides is 1. The number of aryl methyl sites for hydroxylation is 2. The van der Waals surface area contributed by atoms with E-state index in [0.717, 1.165) is 12.8 Å². The fourth-order valence-corrected chi connectivity index (χ4v) is 4.33. The van der Waals surface area contributed by atoms with E-state index in [-0.39, 0.29) is 11.9 Å². The van der Waals surface area contributed by atoms with Crippen LogP contribution in [0.15, 0.2) is 42.5 Å². The van der Waals surface area contributed by atoms with Crippen molar-refractivity contribution in [3.05, 3.63) is 59.2 Å². The molecule has 2 aromatic rings. The van der Waals surface area contributed by atoms with Crippen LogP contribution in [0.4, 0.5) is 0 Å². The van der Waals surface area contributed by atoms with Crippen molar-refractivity contribution in [2.24, 2.45) is 5.41 Å². The number of hydrogen-bond donors (Lipinski definition) is 1. The van der Waals surface area contributed by atoms with Crippen molar-refractivity contribution in [2.45, 2.75) is 46.1 Å². The fraction of sp³-hybridized carbons (Fsp3) is 0.480. The molecule has 29 heavy (non-hydrogen) atoms. The Kier molecular flexibility index (Phi) is 7.09. The zero-order valence-corrected chi connectivity index (χ0v) is 18.1. The van der Waals surface area contributed by atoms with Crippen molar-refractivity contribution in [1.82, 2.24) is 5.32 Å². The molecule has 1 heterocycles. The summed E-state index contributed by atoms with van der Waals surface area (Å²) in [5.74, 6) is 0.112. The van der Waals surface area contributed by atoms with Gasteiger partial charge in [-0.3, -0.25) is 4.79 Å². The Morgan fingerprint density at radius 2 is 1.86 bits per heavy atom. The van der Waals surface area contributed by atoms with Gasteiger partial charge in [-0.25, -0.2) is 0 Å². The molecule has 0 aliphatic carbocycles. The van der Waals surface area contributed by atoms with Crippen LogP contribution in [0.1, 0.15) is 36.5 Å². The SMILES string of the molecule is COC[C@@H](C)NC(=O)C1(Cc2ccccc2-c2ccc(C)cc2C)CCOCC1. The number of methoxy groups -OCH3 is 1. The van der Waals surface area contributed by atoms with Gasteiger partial charge in [-0.05, 0) is 62.3 Å². The van der Waals surface area contributed by atoms with Crippen molar-refractivity contribution < 1.29 is 14.3 Å². The summed E-state index contributed by atoms with van der Waals surface area (Å²) < 4.78 is 10.8. The van der Waals surface area contributed by atoms with E-state index in [2.05, 4.69) is 61.6 Å². The van der Waals surface area contributed by atoms with Crippen LogP contribution in [0.5, 0.6) is 0 Å². The second-order valence-corrected chi connectivity index (χ2v) is 8.37. The fourth-order valence-electron chi connectivity index (χ4n) is 4.33. The van der Waals surface area contributed by atoms with E-state index < -0.39 is 5.41 Å². The minimum Gasteiger partial charge on any atom is -0.383 e. The minimum atomic E-state index is -0.449. The summed E-state index contributed by atoms with van der Waals surface area (Å²) in [6.45, 7) is 8.01. The molecule has 3 rings (SSSR count). The second kappa shape index (κ2) is 9.55. The van der Waals surface area contributed by atoms with E-state index in [1.54, 1.807) is 7.11 Å². The molecule has 1 aliphatic heterocycles. The maximum atomic E-state index is 13.3. The van der Waals surface area contributed by atoms with Gasteiger partial charge in [-0.15, -0.1) is 0 Å². The topological polar surface area (TPSA) is 47.6 Å². The predicted molar refractivity (Wildman–Crippen MR) is 117 cm³/mol. The van der Waals surface area contributed by atoms with E-state index in [9.17, 15) is 4.79 Å². The van der Waals surface area contributed by atoms with E-state index in [4.69, 9.17) is 9.47 Å². The normalized spacial score (nSPS) is 17.0. The summed E-state index contributed by atoms with van der Waals surface area (Å²) >= 11 is 0. The number of nitrogens with one attached hydrogen (secondary N) is 1. The highest BCUT2D eigenvalue weighted by molar-refractivity contribution is 5.84. The minimum absolute atomic E-state index is 0.0122. The summed E-state index contributed by atoms with van der Waals surface area (Å²) in [4.78, 5) is 13.3. The van der Waals surface area contributed by atoms with Crippen LogP contribution in [0.25, 0.3) is 11.1 Å². The smallest absolute Gasteiger partial charge is 0.227 e. The largest absolute Gasteiger partial charge is 0.383 e. The van der Waals surface area contributed by atoms with E-state index >= 15 is 0 Å². The van der Waals surface area contributed by atoms with E-state index in [1.165, 1.54) is 27.8 Å². The third-order valence-electron chi connectivity index (χ3n) is 5.94. The zero-order valence-electron chi connectivity index (χ0n) is 18.1. The van der Waals surface area contributed by atoms with Gasteiger partial charge >= 0.3 is 0 Å². The van der Waals surface area contributed by atoms with Crippen LogP contribution < -0.4 is 5.32 Å². The molecule has 156 valence electrons. The number of rotatable bonds is 7. The summed E-state index contributed by atoms with van der Waals surface area (Å²) in [7, 11) is 1.66. The average molecular weight is 396 g/mol. The molecule has 1 N–H and O–H groups in total. The van der Waals surface area contributed by atoms with Gasteiger partial charge in [0.15, 0.2) is 0 Å².